The van der Waals surface area contributed by atoms with Crippen LogP contribution in [0.5, 0.6) is 11.5 Å². The first kappa shape index (κ1) is 22.0. The van der Waals surface area contributed by atoms with E-state index < -0.39 is 0 Å². The van der Waals surface area contributed by atoms with Crippen LogP contribution in [0.3, 0.4) is 0 Å². The number of rotatable bonds is 7. The zero-order valence-corrected chi connectivity index (χ0v) is 19.3. The van der Waals surface area contributed by atoms with Crippen molar-refractivity contribution in [3.05, 3.63) is 40.2 Å². The van der Waals surface area contributed by atoms with Crippen LogP contribution in [0.1, 0.15) is 48.8 Å². The molecular weight excluding hydrogens is 378 g/mol. The topological polar surface area (TPSA) is 72.7 Å². The third-order valence-electron chi connectivity index (χ3n) is 5.60. The van der Waals surface area contributed by atoms with Gasteiger partial charge in [-0.3, -0.25) is 4.68 Å². The molecule has 1 aliphatic rings. The molecule has 2 unspecified atom stereocenters. The van der Waals surface area contributed by atoms with Gasteiger partial charge < -0.3 is 20.1 Å². The number of aromatic nitrogens is 2. The molecule has 0 spiro atoms. The predicted octanol–water partition coefficient (Wildman–Crippen LogP) is 3.06. The summed E-state index contributed by atoms with van der Waals surface area (Å²) in [6, 6.07) is 4.37. The molecule has 0 radical (unpaired) electrons. The lowest BCUT2D eigenvalue weighted by Gasteiger charge is -2.18. The zero-order chi connectivity index (χ0) is 21.8. The summed E-state index contributed by atoms with van der Waals surface area (Å²) in [7, 11) is 3.70. The smallest absolute Gasteiger partial charge is 0.191 e. The van der Waals surface area contributed by atoms with Gasteiger partial charge in [-0.15, -0.1) is 0 Å². The normalized spacial score (nSPS) is 16.8. The van der Waals surface area contributed by atoms with Crippen molar-refractivity contribution < 1.29 is 9.47 Å². The van der Waals surface area contributed by atoms with Crippen LogP contribution in [-0.2, 0) is 26.4 Å². The fourth-order valence-corrected chi connectivity index (χ4v) is 3.98. The summed E-state index contributed by atoms with van der Waals surface area (Å²) in [5, 5.41) is 11.4. The molecular formula is C23H35N5O2. The maximum Gasteiger partial charge on any atom is 0.191 e. The van der Waals surface area contributed by atoms with Gasteiger partial charge >= 0.3 is 0 Å². The second-order valence-electron chi connectivity index (χ2n) is 8.12. The average molecular weight is 414 g/mol. The summed E-state index contributed by atoms with van der Waals surface area (Å²) in [6.45, 7) is 11.8. The van der Waals surface area contributed by atoms with Gasteiger partial charge in [0.05, 0.1) is 19.3 Å². The van der Waals surface area contributed by atoms with Crippen molar-refractivity contribution in [2.45, 2.75) is 66.2 Å². The Hall–Kier alpha value is -2.70. The van der Waals surface area contributed by atoms with Gasteiger partial charge in [0.15, 0.2) is 5.96 Å². The Balaban J connectivity index is 1.72. The van der Waals surface area contributed by atoms with Crippen molar-refractivity contribution in [2.24, 2.45) is 12.0 Å². The Morgan fingerprint density at radius 2 is 2.17 bits per heavy atom. The molecule has 2 atom stereocenters. The largest absolute Gasteiger partial charge is 0.496 e. The second-order valence-corrected chi connectivity index (χ2v) is 8.12. The molecule has 0 aliphatic carbocycles. The van der Waals surface area contributed by atoms with Crippen molar-refractivity contribution >= 4 is 5.96 Å². The molecule has 0 fully saturated rings. The van der Waals surface area contributed by atoms with Gasteiger partial charge in [-0.25, -0.2) is 4.99 Å². The first-order valence-electron chi connectivity index (χ1n) is 10.7. The number of nitrogens with one attached hydrogen (secondary N) is 2. The van der Waals surface area contributed by atoms with E-state index in [4.69, 9.17) is 14.5 Å². The first-order chi connectivity index (χ1) is 14.3. The summed E-state index contributed by atoms with van der Waals surface area (Å²) >= 11 is 0. The van der Waals surface area contributed by atoms with Crippen LogP contribution in [0, 0.1) is 13.8 Å². The maximum absolute atomic E-state index is 5.91. The number of benzene rings is 1. The Morgan fingerprint density at radius 1 is 1.40 bits per heavy atom. The Kier molecular flexibility index (Phi) is 6.90. The molecule has 7 nitrogen and oxygen atoms in total. The van der Waals surface area contributed by atoms with E-state index in [0.717, 1.165) is 48.1 Å². The number of fused-ring (bicyclic) bond motifs is 1. The first-order valence-corrected chi connectivity index (χ1v) is 10.7. The van der Waals surface area contributed by atoms with Crippen LogP contribution in [-0.4, -0.2) is 41.5 Å². The number of guanidine groups is 1. The van der Waals surface area contributed by atoms with E-state index in [0.29, 0.717) is 6.54 Å². The fraction of sp³-hybridized carbons (Fsp3) is 0.565. The van der Waals surface area contributed by atoms with E-state index in [-0.39, 0.29) is 12.1 Å². The van der Waals surface area contributed by atoms with E-state index in [1.54, 1.807) is 7.11 Å². The van der Waals surface area contributed by atoms with Crippen molar-refractivity contribution in [2.75, 3.05) is 13.7 Å². The summed E-state index contributed by atoms with van der Waals surface area (Å²) in [5.41, 5.74) is 5.81. The number of nitrogens with zero attached hydrogens (tertiary/aromatic N) is 3. The second kappa shape index (κ2) is 9.41. The Morgan fingerprint density at radius 3 is 2.80 bits per heavy atom. The summed E-state index contributed by atoms with van der Waals surface area (Å²) < 4.78 is 13.5. The van der Waals surface area contributed by atoms with Gasteiger partial charge in [0.1, 0.15) is 17.6 Å². The van der Waals surface area contributed by atoms with Crippen molar-refractivity contribution in [1.82, 2.24) is 20.4 Å². The fourth-order valence-electron chi connectivity index (χ4n) is 3.98. The quantitative estimate of drug-likeness (QED) is 0.539. The van der Waals surface area contributed by atoms with E-state index in [2.05, 4.69) is 62.5 Å². The van der Waals surface area contributed by atoms with Crippen LogP contribution in [0.2, 0.25) is 0 Å². The van der Waals surface area contributed by atoms with Crippen molar-refractivity contribution in [1.29, 1.82) is 0 Å². The average Bonchev–Trinajstić information content (AvgIpc) is 3.17. The molecule has 3 rings (SSSR count). The molecule has 2 heterocycles. The Labute approximate surface area is 179 Å². The number of aliphatic imine (C=N–C) groups is 1. The van der Waals surface area contributed by atoms with Gasteiger partial charge in [-0.1, -0.05) is 0 Å². The van der Waals surface area contributed by atoms with Gasteiger partial charge in [-0.2, -0.15) is 5.10 Å². The molecule has 2 N–H and O–H groups in total. The summed E-state index contributed by atoms with van der Waals surface area (Å²) in [5.74, 6) is 2.60. The molecule has 0 amide bonds. The molecule has 0 saturated carbocycles. The number of methoxy groups -OCH3 is 1. The number of aryl methyl sites for hydroxylation is 2. The third kappa shape index (κ3) is 4.89. The predicted molar refractivity (Wildman–Crippen MR) is 121 cm³/mol. The number of hydrogen-bond donors (Lipinski definition) is 2. The highest BCUT2D eigenvalue weighted by atomic mass is 16.5. The van der Waals surface area contributed by atoms with Gasteiger partial charge in [0.2, 0.25) is 0 Å². The van der Waals surface area contributed by atoms with E-state index >= 15 is 0 Å². The highest BCUT2D eigenvalue weighted by molar-refractivity contribution is 5.80. The lowest BCUT2D eigenvalue weighted by Crippen LogP contribution is -2.43. The van der Waals surface area contributed by atoms with Crippen molar-refractivity contribution in [3.8, 4) is 11.5 Å². The molecule has 0 bridgehead atoms. The summed E-state index contributed by atoms with van der Waals surface area (Å²) in [4.78, 5) is 4.81. The number of hydrogen-bond acceptors (Lipinski definition) is 4. The maximum atomic E-state index is 5.91. The van der Waals surface area contributed by atoms with Gasteiger partial charge in [0.25, 0.3) is 0 Å². The molecule has 164 valence electrons. The molecule has 1 aliphatic heterocycles. The Bertz CT molecular complexity index is 919. The van der Waals surface area contributed by atoms with Gasteiger partial charge in [0, 0.05) is 42.9 Å². The molecule has 1 aromatic carbocycles. The standard InChI is InChI=1S/C23H35N5O2/c1-8-24-23(26-14(2)9-20-16(4)27-28(6)17(20)5)25-13-19-12-22-18(10-15(3)30-22)11-21(19)29-7/h11-12,14-15H,8-10,13H2,1-7H3,(H2,24,25,26). The van der Waals surface area contributed by atoms with Crippen LogP contribution in [0.25, 0.3) is 0 Å². The van der Waals surface area contributed by atoms with Gasteiger partial charge in [-0.05, 0) is 58.7 Å². The highest BCUT2D eigenvalue weighted by Gasteiger charge is 2.21. The van der Waals surface area contributed by atoms with E-state index in [1.165, 1.54) is 16.8 Å². The SMILES string of the molecule is CCNC(=NCc1cc2c(cc1OC)CC(C)O2)NC(C)Cc1c(C)nn(C)c1C. The van der Waals surface area contributed by atoms with E-state index in [1.807, 2.05) is 11.7 Å². The molecule has 7 heteroatoms. The molecule has 30 heavy (non-hydrogen) atoms. The van der Waals surface area contributed by atoms with Crippen LogP contribution >= 0.6 is 0 Å². The summed E-state index contributed by atoms with van der Waals surface area (Å²) in [6.07, 6.45) is 2.02. The minimum Gasteiger partial charge on any atom is -0.496 e. The van der Waals surface area contributed by atoms with Crippen LogP contribution in [0.15, 0.2) is 17.1 Å². The highest BCUT2D eigenvalue weighted by Crippen LogP contribution is 2.35. The van der Waals surface area contributed by atoms with Crippen molar-refractivity contribution in [3.63, 3.8) is 0 Å². The molecule has 1 aromatic heterocycles. The van der Waals surface area contributed by atoms with E-state index in [9.17, 15) is 0 Å². The molecule has 2 aromatic rings. The zero-order valence-electron chi connectivity index (χ0n) is 19.3. The lowest BCUT2D eigenvalue weighted by atomic mass is 10.1. The van der Waals surface area contributed by atoms with Crippen LogP contribution in [0.4, 0.5) is 0 Å². The minimum atomic E-state index is 0.211. The third-order valence-corrected chi connectivity index (χ3v) is 5.60. The minimum absolute atomic E-state index is 0.211. The number of ether oxygens (including phenoxy) is 2. The van der Waals surface area contributed by atoms with Crippen LogP contribution < -0.4 is 20.1 Å². The monoisotopic (exact) mass is 413 g/mol. The lowest BCUT2D eigenvalue weighted by molar-refractivity contribution is 0.254. The molecule has 0 saturated heterocycles.